The molecule has 2 amide bonds. The van der Waals surface area contributed by atoms with Gasteiger partial charge in [0.05, 0.1) is 17.4 Å². The van der Waals surface area contributed by atoms with E-state index in [0.717, 1.165) is 35.6 Å². The summed E-state index contributed by atoms with van der Waals surface area (Å²) in [5, 5.41) is 9.97. The van der Waals surface area contributed by atoms with Crippen LogP contribution in [0.1, 0.15) is 12.8 Å². The van der Waals surface area contributed by atoms with Crippen LogP contribution in [0.5, 0.6) is 0 Å². The highest BCUT2D eigenvalue weighted by atomic mass is 16.2. The number of hydrogen-bond acceptors (Lipinski definition) is 5. The molecule has 1 aliphatic heterocycles. The highest BCUT2D eigenvalue weighted by Gasteiger charge is 2.13. The highest BCUT2D eigenvalue weighted by molar-refractivity contribution is 5.89. The van der Waals surface area contributed by atoms with Gasteiger partial charge in [-0.15, -0.1) is 0 Å². The van der Waals surface area contributed by atoms with E-state index in [1.165, 1.54) is 12.8 Å². The Morgan fingerprint density at radius 3 is 2.68 bits per heavy atom. The van der Waals surface area contributed by atoms with Crippen molar-refractivity contribution in [1.82, 2.24) is 15.3 Å². The third-order valence-corrected chi connectivity index (χ3v) is 4.75. The molecular weight excluding hydrogens is 352 g/mol. The van der Waals surface area contributed by atoms with Crippen molar-refractivity contribution in [3.05, 3.63) is 54.7 Å². The van der Waals surface area contributed by atoms with Gasteiger partial charge < -0.3 is 20.9 Å². The van der Waals surface area contributed by atoms with Crippen LogP contribution in [0, 0.1) is 0 Å². The number of para-hydroxylation sites is 1. The SMILES string of the molecule is O=C(NCCNc1ccc2ccccc2n1)Nc1ccc(N2CCCC2)nc1. The van der Waals surface area contributed by atoms with Crippen LogP contribution in [0.2, 0.25) is 0 Å². The number of urea groups is 1. The molecule has 0 spiro atoms. The van der Waals surface area contributed by atoms with Gasteiger partial charge >= 0.3 is 6.03 Å². The van der Waals surface area contributed by atoms with Crippen molar-refractivity contribution in [3.63, 3.8) is 0 Å². The number of anilines is 3. The second-order valence-corrected chi connectivity index (χ2v) is 6.80. The van der Waals surface area contributed by atoms with E-state index < -0.39 is 0 Å². The van der Waals surface area contributed by atoms with Crippen LogP contribution in [-0.4, -0.2) is 42.2 Å². The first-order valence-electron chi connectivity index (χ1n) is 9.63. The maximum absolute atomic E-state index is 12.0. The van der Waals surface area contributed by atoms with Gasteiger partial charge in [0.25, 0.3) is 0 Å². The number of pyridine rings is 2. The van der Waals surface area contributed by atoms with E-state index in [-0.39, 0.29) is 6.03 Å². The Labute approximate surface area is 164 Å². The molecule has 3 aromatic rings. The van der Waals surface area contributed by atoms with Gasteiger partial charge in [-0.3, -0.25) is 0 Å². The summed E-state index contributed by atoms with van der Waals surface area (Å²) >= 11 is 0. The zero-order valence-electron chi connectivity index (χ0n) is 15.7. The van der Waals surface area contributed by atoms with Crippen LogP contribution in [-0.2, 0) is 0 Å². The van der Waals surface area contributed by atoms with E-state index in [0.29, 0.717) is 18.8 Å². The fourth-order valence-electron chi connectivity index (χ4n) is 3.30. The molecule has 0 radical (unpaired) electrons. The summed E-state index contributed by atoms with van der Waals surface area (Å²) in [4.78, 5) is 23.3. The fourth-order valence-corrected chi connectivity index (χ4v) is 3.30. The first-order valence-corrected chi connectivity index (χ1v) is 9.63. The monoisotopic (exact) mass is 376 g/mol. The Bertz CT molecular complexity index is 937. The molecule has 28 heavy (non-hydrogen) atoms. The van der Waals surface area contributed by atoms with E-state index in [2.05, 4.69) is 30.8 Å². The van der Waals surface area contributed by atoms with Crippen molar-refractivity contribution in [1.29, 1.82) is 0 Å². The molecule has 3 heterocycles. The predicted octanol–water partition coefficient (Wildman–Crippen LogP) is 3.46. The number of hydrogen-bond donors (Lipinski definition) is 3. The molecule has 1 saturated heterocycles. The van der Waals surface area contributed by atoms with Crippen molar-refractivity contribution in [2.45, 2.75) is 12.8 Å². The lowest BCUT2D eigenvalue weighted by atomic mass is 10.2. The van der Waals surface area contributed by atoms with Gasteiger partial charge in [0, 0.05) is 31.6 Å². The molecule has 0 atom stereocenters. The van der Waals surface area contributed by atoms with Crippen molar-refractivity contribution >= 4 is 34.3 Å². The Morgan fingerprint density at radius 1 is 1.00 bits per heavy atom. The van der Waals surface area contributed by atoms with Gasteiger partial charge in [0.15, 0.2) is 0 Å². The minimum absolute atomic E-state index is 0.246. The lowest BCUT2D eigenvalue weighted by Crippen LogP contribution is -2.32. The van der Waals surface area contributed by atoms with Crippen LogP contribution in [0.25, 0.3) is 10.9 Å². The summed E-state index contributed by atoms with van der Waals surface area (Å²) < 4.78 is 0. The molecule has 1 aromatic carbocycles. The van der Waals surface area contributed by atoms with Gasteiger partial charge in [0.1, 0.15) is 11.6 Å². The van der Waals surface area contributed by atoms with Crippen LogP contribution in [0.3, 0.4) is 0 Å². The summed E-state index contributed by atoms with van der Waals surface area (Å²) in [7, 11) is 0. The lowest BCUT2D eigenvalue weighted by Gasteiger charge is -2.16. The van der Waals surface area contributed by atoms with E-state index in [1.807, 2.05) is 48.5 Å². The number of aromatic nitrogens is 2. The summed E-state index contributed by atoms with van der Waals surface area (Å²) in [6.45, 7) is 3.18. The molecule has 144 valence electrons. The molecule has 7 heteroatoms. The maximum Gasteiger partial charge on any atom is 0.319 e. The van der Waals surface area contributed by atoms with E-state index >= 15 is 0 Å². The van der Waals surface area contributed by atoms with Crippen molar-refractivity contribution in [2.24, 2.45) is 0 Å². The van der Waals surface area contributed by atoms with Crippen LogP contribution in [0.15, 0.2) is 54.7 Å². The highest BCUT2D eigenvalue weighted by Crippen LogP contribution is 2.19. The zero-order valence-corrected chi connectivity index (χ0v) is 15.7. The number of nitrogens with zero attached hydrogens (tertiary/aromatic N) is 3. The maximum atomic E-state index is 12.0. The average molecular weight is 376 g/mol. The molecule has 1 fully saturated rings. The van der Waals surface area contributed by atoms with Gasteiger partial charge in [-0.05, 0) is 43.2 Å². The van der Waals surface area contributed by atoms with Crippen LogP contribution < -0.4 is 20.9 Å². The van der Waals surface area contributed by atoms with Crippen molar-refractivity contribution in [3.8, 4) is 0 Å². The number of carbonyl (C=O) groups excluding carboxylic acids is 1. The third kappa shape index (κ3) is 4.49. The summed E-state index contributed by atoms with van der Waals surface area (Å²) in [5.41, 5.74) is 1.63. The third-order valence-electron chi connectivity index (χ3n) is 4.75. The minimum atomic E-state index is -0.246. The number of fused-ring (bicyclic) bond motifs is 1. The zero-order chi connectivity index (χ0) is 19.2. The number of benzene rings is 1. The fraction of sp³-hybridized carbons (Fsp3) is 0.286. The summed E-state index contributed by atoms with van der Waals surface area (Å²) in [6.07, 6.45) is 4.13. The second kappa shape index (κ2) is 8.56. The standard InChI is InChI=1S/C21H24N6O/c28-21(25-17-8-10-20(24-15-17)27-13-3-4-14-27)23-12-11-22-19-9-7-16-5-1-2-6-18(16)26-19/h1-2,5-10,15H,3-4,11-14H2,(H,22,26)(H2,23,25,28). The molecule has 0 unspecified atom stereocenters. The number of nitrogens with one attached hydrogen (secondary N) is 3. The van der Waals surface area contributed by atoms with Gasteiger partial charge in [0.2, 0.25) is 0 Å². The molecule has 2 aromatic heterocycles. The predicted molar refractivity (Wildman–Crippen MR) is 113 cm³/mol. The van der Waals surface area contributed by atoms with Gasteiger partial charge in [-0.25, -0.2) is 14.8 Å². The van der Waals surface area contributed by atoms with E-state index in [1.54, 1.807) is 6.20 Å². The van der Waals surface area contributed by atoms with Crippen LogP contribution in [0.4, 0.5) is 22.1 Å². The first kappa shape index (κ1) is 18.0. The van der Waals surface area contributed by atoms with E-state index in [9.17, 15) is 4.79 Å². The quantitative estimate of drug-likeness (QED) is 0.574. The van der Waals surface area contributed by atoms with Gasteiger partial charge in [-0.1, -0.05) is 18.2 Å². The smallest absolute Gasteiger partial charge is 0.319 e. The first-order chi connectivity index (χ1) is 13.8. The Kier molecular flexibility index (Phi) is 5.51. The molecule has 0 bridgehead atoms. The number of rotatable bonds is 6. The summed E-state index contributed by atoms with van der Waals surface area (Å²) in [6, 6.07) is 15.5. The lowest BCUT2D eigenvalue weighted by molar-refractivity contribution is 0.252. The van der Waals surface area contributed by atoms with Crippen molar-refractivity contribution in [2.75, 3.05) is 41.7 Å². The Hall–Kier alpha value is -3.35. The van der Waals surface area contributed by atoms with Gasteiger partial charge in [-0.2, -0.15) is 0 Å². The van der Waals surface area contributed by atoms with Crippen LogP contribution >= 0.6 is 0 Å². The Morgan fingerprint density at radius 2 is 1.86 bits per heavy atom. The van der Waals surface area contributed by atoms with E-state index in [4.69, 9.17) is 0 Å². The average Bonchev–Trinajstić information content (AvgIpc) is 3.26. The molecule has 4 rings (SSSR count). The molecule has 0 saturated carbocycles. The molecule has 0 aliphatic carbocycles. The number of carbonyl (C=O) groups is 1. The molecule has 1 aliphatic rings. The van der Waals surface area contributed by atoms with Crippen molar-refractivity contribution < 1.29 is 4.79 Å². The Balaban J connectivity index is 1.21. The normalized spacial score (nSPS) is 13.5. The summed E-state index contributed by atoms with van der Waals surface area (Å²) in [5.74, 6) is 1.76. The topological polar surface area (TPSA) is 82.2 Å². The number of amides is 2. The molecular formula is C21H24N6O. The second-order valence-electron chi connectivity index (χ2n) is 6.80. The minimum Gasteiger partial charge on any atom is -0.368 e. The largest absolute Gasteiger partial charge is 0.368 e. The molecule has 3 N–H and O–H groups in total. The molecule has 7 nitrogen and oxygen atoms in total.